The largest absolute Gasteiger partial charge is 0.489 e. The molecule has 0 aromatic carbocycles. The highest BCUT2D eigenvalue weighted by Gasteiger charge is 2.25. The molecule has 0 aliphatic carbocycles. The molecule has 0 bridgehead atoms. The summed E-state index contributed by atoms with van der Waals surface area (Å²) < 4.78 is 39.3. The fourth-order valence-corrected chi connectivity index (χ4v) is 3.60. The minimum absolute atomic E-state index is 0.0177. The second-order valence-electron chi connectivity index (χ2n) is 7.53. The van der Waals surface area contributed by atoms with E-state index in [9.17, 15) is 13.2 Å². The molecule has 0 radical (unpaired) electrons. The number of hydrogen-bond acceptors (Lipinski definition) is 10. The first-order chi connectivity index (χ1) is 15.7. The van der Waals surface area contributed by atoms with E-state index in [-0.39, 0.29) is 24.3 Å². The van der Waals surface area contributed by atoms with Gasteiger partial charge in [0, 0.05) is 38.3 Å². The first-order valence-corrected chi connectivity index (χ1v) is 12.3. The molecule has 3 heterocycles. The number of amides is 1. The first kappa shape index (κ1) is 24.3. The number of piperidine rings is 1. The molecule has 3 rings (SSSR count). The van der Waals surface area contributed by atoms with E-state index in [0.29, 0.717) is 54.8 Å². The average Bonchev–Trinajstić information content (AvgIpc) is 2.75. The molecule has 2 aromatic rings. The molecule has 13 heteroatoms. The normalized spacial score (nSPS) is 14.6. The summed E-state index contributed by atoms with van der Waals surface area (Å²) >= 11 is 0. The van der Waals surface area contributed by atoms with Gasteiger partial charge in [-0.15, -0.1) is 0 Å². The molecule has 0 atom stereocenters. The lowest BCUT2D eigenvalue weighted by Gasteiger charge is -2.30. The molecule has 12 nitrogen and oxygen atoms in total. The van der Waals surface area contributed by atoms with E-state index in [1.54, 1.807) is 19.1 Å². The fourth-order valence-electron chi connectivity index (χ4n) is 3.21. The van der Waals surface area contributed by atoms with Gasteiger partial charge in [-0.3, -0.25) is 0 Å². The maximum Gasteiger partial charge on any atom is 0.407 e. The van der Waals surface area contributed by atoms with E-state index in [1.807, 2.05) is 0 Å². The van der Waals surface area contributed by atoms with Crippen LogP contribution in [0.3, 0.4) is 0 Å². The van der Waals surface area contributed by atoms with Crippen molar-refractivity contribution in [2.24, 2.45) is 0 Å². The van der Waals surface area contributed by atoms with Crippen molar-refractivity contribution in [3.8, 4) is 17.5 Å². The number of methoxy groups -OCH3 is 1. The minimum atomic E-state index is -3.12. The van der Waals surface area contributed by atoms with Crippen LogP contribution in [0, 0.1) is 6.92 Å². The quantitative estimate of drug-likeness (QED) is 0.539. The molecule has 180 valence electrons. The Morgan fingerprint density at radius 3 is 2.61 bits per heavy atom. The van der Waals surface area contributed by atoms with E-state index >= 15 is 0 Å². The predicted octanol–water partition coefficient (Wildman–Crippen LogP) is 1.88. The number of hydrogen-bond donors (Lipinski definition) is 2. The standard InChI is InChI=1S/C20H27N5O7S/c1-13-15(4-5-16(23-13)31-10-11-33(3,28)29)24-18-17(30-2)19(22-12-21-18)32-14-6-8-25(9-7-14)20(26)27/h4-5,12,14H,6-11H2,1-3H3,(H,26,27)(H,21,22,24). The molecule has 2 aromatic heterocycles. The highest BCUT2D eigenvalue weighted by atomic mass is 32.2. The van der Waals surface area contributed by atoms with Gasteiger partial charge < -0.3 is 29.5 Å². The van der Waals surface area contributed by atoms with Crippen molar-refractivity contribution in [2.45, 2.75) is 25.9 Å². The Kier molecular flexibility index (Phi) is 7.74. The van der Waals surface area contributed by atoms with Crippen molar-refractivity contribution in [3.63, 3.8) is 0 Å². The van der Waals surface area contributed by atoms with Gasteiger partial charge in [0.2, 0.25) is 11.6 Å². The number of carbonyl (C=O) groups is 1. The van der Waals surface area contributed by atoms with E-state index < -0.39 is 15.9 Å². The van der Waals surface area contributed by atoms with Crippen LogP contribution in [-0.4, -0.2) is 84.4 Å². The number of likely N-dealkylation sites (tertiary alicyclic amines) is 1. The number of anilines is 2. The zero-order valence-corrected chi connectivity index (χ0v) is 19.5. The Bertz CT molecular complexity index is 1090. The SMILES string of the molecule is COc1c(Nc2ccc(OCCS(C)(=O)=O)nc2C)ncnc1OC1CCN(C(=O)O)CC1. The molecule has 1 saturated heterocycles. The van der Waals surface area contributed by atoms with Gasteiger partial charge in [0.1, 0.15) is 19.0 Å². The predicted molar refractivity (Wildman–Crippen MR) is 119 cm³/mol. The Labute approximate surface area is 191 Å². The number of nitrogens with one attached hydrogen (secondary N) is 1. The number of nitrogens with zero attached hydrogens (tertiary/aromatic N) is 4. The Morgan fingerprint density at radius 2 is 2.00 bits per heavy atom. The van der Waals surface area contributed by atoms with E-state index in [2.05, 4.69) is 20.3 Å². The molecular formula is C20H27N5O7S. The molecule has 0 saturated carbocycles. The summed E-state index contributed by atoms with van der Waals surface area (Å²) in [6.45, 7) is 2.57. The number of pyridine rings is 1. The van der Waals surface area contributed by atoms with Crippen LogP contribution in [0.25, 0.3) is 0 Å². The van der Waals surface area contributed by atoms with Crippen LogP contribution >= 0.6 is 0 Å². The molecule has 33 heavy (non-hydrogen) atoms. The monoisotopic (exact) mass is 481 g/mol. The highest BCUT2D eigenvalue weighted by Crippen LogP contribution is 2.35. The summed E-state index contributed by atoms with van der Waals surface area (Å²) in [6, 6.07) is 3.36. The summed E-state index contributed by atoms with van der Waals surface area (Å²) in [7, 11) is -1.64. The van der Waals surface area contributed by atoms with E-state index in [4.69, 9.17) is 19.3 Å². The summed E-state index contributed by atoms with van der Waals surface area (Å²) in [4.78, 5) is 25.2. The van der Waals surface area contributed by atoms with Crippen LogP contribution < -0.4 is 19.5 Å². The number of ether oxygens (including phenoxy) is 3. The van der Waals surface area contributed by atoms with Gasteiger partial charge >= 0.3 is 6.09 Å². The van der Waals surface area contributed by atoms with Crippen molar-refractivity contribution in [1.29, 1.82) is 0 Å². The lowest BCUT2D eigenvalue weighted by Crippen LogP contribution is -2.41. The minimum Gasteiger partial charge on any atom is -0.489 e. The third-order valence-electron chi connectivity index (χ3n) is 4.98. The maximum absolute atomic E-state index is 11.2. The van der Waals surface area contributed by atoms with Crippen molar-refractivity contribution >= 4 is 27.4 Å². The van der Waals surface area contributed by atoms with Crippen LogP contribution in [0.5, 0.6) is 17.5 Å². The molecule has 1 aliphatic rings. The van der Waals surface area contributed by atoms with Gasteiger partial charge in [-0.1, -0.05) is 0 Å². The number of carboxylic acid groups (broad SMARTS) is 1. The van der Waals surface area contributed by atoms with E-state index in [0.717, 1.165) is 6.26 Å². The Balaban J connectivity index is 1.68. The summed E-state index contributed by atoms with van der Waals surface area (Å²) in [5.41, 5.74) is 1.25. The third kappa shape index (κ3) is 6.81. The van der Waals surface area contributed by atoms with Crippen LogP contribution in [0.1, 0.15) is 18.5 Å². The van der Waals surface area contributed by atoms with Crippen LogP contribution in [0.2, 0.25) is 0 Å². The van der Waals surface area contributed by atoms with Crippen LogP contribution in [0.4, 0.5) is 16.3 Å². The molecule has 1 fully saturated rings. The van der Waals surface area contributed by atoms with Crippen molar-refractivity contribution in [3.05, 3.63) is 24.2 Å². The van der Waals surface area contributed by atoms with Crippen LogP contribution in [0.15, 0.2) is 18.5 Å². The van der Waals surface area contributed by atoms with Crippen LogP contribution in [-0.2, 0) is 9.84 Å². The Morgan fingerprint density at radius 1 is 1.27 bits per heavy atom. The highest BCUT2D eigenvalue weighted by molar-refractivity contribution is 7.90. The molecule has 0 unspecified atom stereocenters. The number of sulfone groups is 1. The third-order valence-corrected chi connectivity index (χ3v) is 5.89. The number of aryl methyl sites for hydroxylation is 1. The fraction of sp³-hybridized carbons (Fsp3) is 0.500. The molecule has 1 amide bonds. The lowest BCUT2D eigenvalue weighted by molar-refractivity contribution is 0.0852. The Hall–Kier alpha value is -3.35. The second kappa shape index (κ2) is 10.5. The van der Waals surface area contributed by atoms with Gasteiger partial charge in [-0.25, -0.2) is 23.2 Å². The summed E-state index contributed by atoms with van der Waals surface area (Å²) in [6.07, 6.45) is 2.46. The van der Waals surface area contributed by atoms with Gasteiger partial charge in [-0.05, 0) is 13.0 Å². The number of rotatable bonds is 9. The van der Waals surface area contributed by atoms with Gasteiger partial charge in [0.05, 0.1) is 24.2 Å². The molecule has 1 aliphatic heterocycles. The average molecular weight is 482 g/mol. The van der Waals surface area contributed by atoms with Gasteiger partial charge in [0.25, 0.3) is 5.88 Å². The molecular weight excluding hydrogens is 454 g/mol. The van der Waals surface area contributed by atoms with E-state index in [1.165, 1.54) is 18.3 Å². The topological polar surface area (TPSA) is 153 Å². The lowest BCUT2D eigenvalue weighted by atomic mass is 10.1. The molecule has 0 spiro atoms. The second-order valence-corrected chi connectivity index (χ2v) is 9.79. The van der Waals surface area contributed by atoms with Gasteiger partial charge in [0.15, 0.2) is 15.7 Å². The zero-order chi connectivity index (χ0) is 24.0. The van der Waals surface area contributed by atoms with Crippen molar-refractivity contribution in [2.75, 3.05) is 44.1 Å². The maximum atomic E-state index is 11.2. The van der Waals surface area contributed by atoms with Crippen molar-refractivity contribution in [1.82, 2.24) is 19.9 Å². The summed E-state index contributed by atoms with van der Waals surface area (Å²) in [5.74, 6) is 1.17. The zero-order valence-electron chi connectivity index (χ0n) is 18.6. The molecule has 2 N–H and O–H groups in total. The number of aromatic nitrogens is 3. The van der Waals surface area contributed by atoms with Crippen molar-refractivity contribution < 1.29 is 32.5 Å². The van der Waals surface area contributed by atoms with Gasteiger partial charge in [-0.2, -0.15) is 4.98 Å². The first-order valence-electron chi connectivity index (χ1n) is 10.2. The summed E-state index contributed by atoms with van der Waals surface area (Å²) in [5, 5.41) is 12.2. The smallest absolute Gasteiger partial charge is 0.407 e.